The standard InChI is InChI=1S/C18H17F3O4/c1-3-12-7-9-13(10-8-12)24-11-14-15(18(19,20)21)5-4-6-16(14)25-17(22)23-2/h4-10H,3,11H2,1-2H3. The zero-order chi connectivity index (χ0) is 18.4. The second-order valence-corrected chi connectivity index (χ2v) is 5.12. The zero-order valence-corrected chi connectivity index (χ0v) is 13.7. The van der Waals surface area contributed by atoms with Crippen LogP contribution in [0.5, 0.6) is 11.5 Å². The SMILES string of the molecule is CCc1ccc(OCc2c(OC(=O)OC)cccc2C(F)(F)F)cc1. The molecule has 0 bridgehead atoms. The zero-order valence-electron chi connectivity index (χ0n) is 13.7. The summed E-state index contributed by atoms with van der Waals surface area (Å²) in [6.07, 6.45) is -4.87. The monoisotopic (exact) mass is 354 g/mol. The van der Waals surface area contributed by atoms with Crippen molar-refractivity contribution in [1.82, 2.24) is 0 Å². The van der Waals surface area contributed by atoms with E-state index in [1.807, 2.05) is 19.1 Å². The first-order chi connectivity index (χ1) is 11.8. The van der Waals surface area contributed by atoms with Crippen molar-refractivity contribution in [3.05, 3.63) is 59.2 Å². The number of alkyl halides is 3. The van der Waals surface area contributed by atoms with Crippen molar-refractivity contribution in [2.24, 2.45) is 0 Å². The number of hydrogen-bond acceptors (Lipinski definition) is 4. The van der Waals surface area contributed by atoms with Crippen LogP contribution in [0.1, 0.15) is 23.6 Å². The molecule has 0 aliphatic rings. The van der Waals surface area contributed by atoms with Crippen molar-refractivity contribution in [2.75, 3.05) is 7.11 Å². The molecule has 7 heteroatoms. The summed E-state index contributed by atoms with van der Waals surface area (Å²) in [5, 5.41) is 0. The molecule has 0 aliphatic carbocycles. The van der Waals surface area contributed by atoms with E-state index in [1.165, 1.54) is 6.07 Å². The van der Waals surface area contributed by atoms with Crippen LogP contribution in [0, 0.1) is 0 Å². The fraction of sp³-hybridized carbons (Fsp3) is 0.278. The number of methoxy groups -OCH3 is 1. The molecule has 0 saturated heterocycles. The Labute approximate surface area is 143 Å². The van der Waals surface area contributed by atoms with Gasteiger partial charge in [-0.3, -0.25) is 0 Å². The van der Waals surface area contributed by atoms with E-state index < -0.39 is 24.5 Å². The average Bonchev–Trinajstić information content (AvgIpc) is 2.60. The molecule has 0 N–H and O–H groups in total. The molecule has 25 heavy (non-hydrogen) atoms. The van der Waals surface area contributed by atoms with E-state index in [4.69, 9.17) is 9.47 Å². The van der Waals surface area contributed by atoms with Crippen LogP contribution in [0.15, 0.2) is 42.5 Å². The summed E-state index contributed by atoms with van der Waals surface area (Å²) in [6.45, 7) is 1.58. The second kappa shape index (κ2) is 7.92. The number of rotatable bonds is 5. The Bertz CT molecular complexity index is 724. The lowest BCUT2D eigenvalue weighted by molar-refractivity contribution is -0.138. The molecule has 0 amide bonds. The highest BCUT2D eigenvalue weighted by Gasteiger charge is 2.35. The summed E-state index contributed by atoms with van der Waals surface area (Å²) >= 11 is 0. The number of carbonyl (C=O) groups is 1. The topological polar surface area (TPSA) is 44.8 Å². The smallest absolute Gasteiger partial charge is 0.489 e. The lowest BCUT2D eigenvalue weighted by Crippen LogP contribution is -2.15. The summed E-state index contributed by atoms with van der Waals surface area (Å²) in [6, 6.07) is 10.3. The Morgan fingerprint density at radius 2 is 1.76 bits per heavy atom. The first-order valence-electron chi connectivity index (χ1n) is 7.51. The van der Waals surface area contributed by atoms with Crippen molar-refractivity contribution in [3.8, 4) is 11.5 Å². The van der Waals surface area contributed by atoms with Crippen LogP contribution in [0.25, 0.3) is 0 Å². The maximum atomic E-state index is 13.2. The molecular weight excluding hydrogens is 337 g/mol. The van der Waals surface area contributed by atoms with Gasteiger partial charge in [0.1, 0.15) is 18.1 Å². The van der Waals surface area contributed by atoms with Gasteiger partial charge in [0.15, 0.2) is 0 Å². The van der Waals surface area contributed by atoms with Gasteiger partial charge >= 0.3 is 12.3 Å². The Kier molecular flexibility index (Phi) is 5.90. The van der Waals surface area contributed by atoms with Gasteiger partial charge in [-0.15, -0.1) is 0 Å². The van der Waals surface area contributed by atoms with Gasteiger partial charge in [0.25, 0.3) is 0 Å². The molecule has 134 valence electrons. The molecule has 0 unspecified atom stereocenters. The second-order valence-electron chi connectivity index (χ2n) is 5.12. The van der Waals surface area contributed by atoms with Crippen molar-refractivity contribution in [1.29, 1.82) is 0 Å². The molecule has 2 rings (SSSR count). The molecule has 0 radical (unpaired) electrons. The Balaban J connectivity index is 2.30. The lowest BCUT2D eigenvalue weighted by Gasteiger charge is -2.17. The first kappa shape index (κ1) is 18.6. The van der Waals surface area contributed by atoms with Crippen LogP contribution < -0.4 is 9.47 Å². The molecule has 2 aromatic carbocycles. The van der Waals surface area contributed by atoms with Gasteiger partial charge in [-0.2, -0.15) is 13.2 Å². The van der Waals surface area contributed by atoms with E-state index in [1.54, 1.807) is 12.1 Å². The van der Waals surface area contributed by atoms with Crippen molar-refractivity contribution >= 4 is 6.16 Å². The molecule has 0 fully saturated rings. The summed E-state index contributed by atoms with van der Waals surface area (Å²) in [5.74, 6) is 0.157. The number of halogens is 3. The van der Waals surface area contributed by atoms with E-state index >= 15 is 0 Å². The van der Waals surface area contributed by atoms with Crippen LogP contribution in [0.3, 0.4) is 0 Å². The van der Waals surface area contributed by atoms with Crippen molar-refractivity contribution in [2.45, 2.75) is 26.1 Å². The Morgan fingerprint density at radius 3 is 2.32 bits per heavy atom. The number of aryl methyl sites for hydroxylation is 1. The average molecular weight is 354 g/mol. The number of benzene rings is 2. The lowest BCUT2D eigenvalue weighted by atomic mass is 10.1. The van der Waals surface area contributed by atoms with E-state index in [0.29, 0.717) is 5.75 Å². The van der Waals surface area contributed by atoms with Crippen LogP contribution >= 0.6 is 0 Å². The first-order valence-corrected chi connectivity index (χ1v) is 7.51. The largest absolute Gasteiger partial charge is 0.513 e. The van der Waals surface area contributed by atoms with Gasteiger partial charge < -0.3 is 14.2 Å². The minimum atomic E-state index is -4.61. The maximum Gasteiger partial charge on any atom is 0.513 e. The number of hydrogen-bond donors (Lipinski definition) is 0. The predicted molar refractivity (Wildman–Crippen MR) is 84.6 cm³/mol. The van der Waals surface area contributed by atoms with Crippen molar-refractivity contribution in [3.63, 3.8) is 0 Å². The molecule has 2 aromatic rings. The highest BCUT2D eigenvalue weighted by atomic mass is 19.4. The molecular formula is C18H17F3O4. The van der Waals surface area contributed by atoms with E-state index in [0.717, 1.165) is 31.2 Å². The minimum Gasteiger partial charge on any atom is -0.489 e. The van der Waals surface area contributed by atoms with E-state index in [2.05, 4.69) is 4.74 Å². The predicted octanol–water partition coefficient (Wildman–Crippen LogP) is 4.99. The fourth-order valence-corrected chi connectivity index (χ4v) is 2.18. The van der Waals surface area contributed by atoms with Gasteiger partial charge in [0.05, 0.1) is 12.7 Å². The van der Waals surface area contributed by atoms with Crippen LogP contribution in [-0.2, 0) is 23.9 Å². The summed E-state index contributed by atoms with van der Waals surface area (Å²) < 4.78 is 54.3. The van der Waals surface area contributed by atoms with Gasteiger partial charge in [0.2, 0.25) is 0 Å². The molecule has 0 aromatic heterocycles. The fourth-order valence-electron chi connectivity index (χ4n) is 2.18. The third-order valence-electron chi connectivity index (χ3n) is 3.51. The normalized spacial score (nSPS) is 11.1. The van der Waals surface area contributed by atoms with Gasteiger partial charge in [-0.25, -0.2) is 4.79 Å². The molecule has 0 spiro atoms. The molecule has 0 aliphatic heterocycles. The van der Waals surface area contributed by atoms with E-state index in [-0.39, 0.29) is 11.3 Å². The third-order valence-corrected chi connectivity index (χ3v) is 3.51. The summed E-state index contributed by atoms with van der Waals surface area (Å²) in [4.78, 5) is 11.3. The third kappa shape index (κ3) is 4.89. The quantitative estimate of drug-likeness (QED) is 0.560. The molecule has 0 saturated carbocycles. The highest BCUT2D eigenvalue weighted by Crippen LogP contribution is 2.36. The summed E-state index contributed by atoms with van der Waals surface area (Å²) in [5.41, 5.74) is -0.128. The molecule has 4 nitrogen and oxygen atoms in total. The number of ether oxygens (including phenoxy) is 3. The molecule has 0 heterocycles. The van der Waals surface area contributed by atoms with Gasteiger partial charge in [-0.1, -0.05) is 25.1 Å². The van der Waals surface area contributed by atoms with Gasteiger partial charge in [-0.05, 0) is 36.2 Å². The Morgan fingerprint density at radius 1 is 1.08 bits per heavy atom. The van der Waals surface area contributed by atoms with Crippen LogP contribution in [0.2, 0.25) is 0 Å². The van der Waals surface area contributed by atoms with Crippen LogP contribution in [-0.4, -0.2) is 13.3 Å². The number of carbonyl (C=O) groups excluding carboxylic acids is 1. The maximum absolute atomic E-state index is 13.2. The van der Waals surface area contributed by atoms with Crippen molar-refractivity contribution < 1.29 is 32.2 Å². The Hall–Kier alpha value is -2.70. The van der Waals surface area contributed by atoms with E-state index in [9.17, 15) is 18.0 Å². The van der Waals surface area contributed by atoms with Crippen LogP contribution in [0.4, 0.5) is 18.0 Å². The molecule has 0 atom stereocenters. The van der Waals surface area contributed by atoms with Gasteiger partial charge in [0, 0.05) is 5.56 Å². The summed E-state index contributed by atoms with van der Waals surface area (Å²) in [7, 11) is 1.07. The minimum absolute atomic E-state index is 0.258. The highest BCUT2D eigenvalue weighted by molar-refractivity contribution is 5.64.